The number of pyridine rings is 1. The number of rotatable bonds is 7. The van der Waals surface area contributed by atoms with E-state index in [1.165, 1.54) is 4.90 Å². The van der Waals surface area contributed by atoms with Gasteiger partial charge in [0.1, 0.15) is 18.0 Å². The summed E-state index contributed by atoms with van der Waals surface area (Å²) in [6.45, 7) is 6.77. The number of nitrogens with one attached hydrogen (secondary N) is 2. The van der Waals surface area contributed by atoms with Crippen molar-refractivity contribution in [2.45, 2.75) is 70.7 Å². The van der Waals surface area contributed by atoms with Gasteiger partial charge in [-0.2, -0.15) is 0 Å². The van der Waals surface area contributed by atoms with Gasteiger partial charge in [0.15, 0.2) is 5.82 Å². The minimum absolute atomic E-state index is 0.0975. The van der Waals surface area contributed by atoms with Gasteiger partial charge in [0, 0.05) is 18.5 Å². The standard InChI is InChI=1S/C45H44FN5O5/c1-45(2,3)56-44(54)51-24-8-12-38(51)42-47-26-36(49-42)32-19-17-30(18-20-32)29-13-15-31(16-14-29)33-21-22-34-35(25-33)48-40(39(46)41(34)52)37-11-7-23-50(37)43(53)55-27-28-9-5-4-6-10-28/h4-6,9-10,13-22,25-26,37-38H,7-8,11-12,23-24,27H2,1-3H3,(H,47,49)(H,48,52)/t37-,38-/m0/s1. The van der Waals surface area contributed by atoms with Crippen molar-refractivity contribution in [1.82, 2.24) is 24.8 Å². The monoisotopic (exact) mass is 753 g/mol. The maximum atomic E-state index is 15.6. The first-order chi connectivity index (χ1) is 27.0. The van der Waals surface area contributed by atoms with Crippen molar-refractivity contribution in [3.63, 3.8) is 0 Å². The Bertz CT molecular complexity index is 2440. The van der Waals surface area contributed by atoms with Gasteiger partial charge in [-0.1, -0.05) is 84.9 Å². The molecule has 0 unspecified atom stereocenters. The molecule has 4 heterocycles. The Morgan fingerprint density at radius 1 is 0.768 bits per heavy atom. The third-order valence-corrected chi connectivity index (χ3v) is 10.5. The second-order valence-corrected chi connectivity index (χ2v) is 15.5. The number of fused-ring (bicyclic) bond motifs is 1. The molecule has 2 aromatic heterocycles. The summed E-state index contributed by atoms with van der Waals surface area (Å²) in [6.07, 6.45) is 3.85. The molecule has 2 atom stereocenters. The fourth-order valence-electron chi connectivity index (χ4n) is 7.72. The van der Waals surface area contributed by atoms with Gasteiger partial charge in [-0.3, -0.25) is 14.6 Å². The minimum atomic E-state index is -0.875. The van der Waals surface area contributed by atoms with Gasteiger partial charge in [-0.15, -0.1) is 0 Å². The highest BCUT2D eigenvalue weighted by molar-refractivity contribution is 5.85. The number of nitrogens with zero attached hydrogens (tertiary/aromatic N) is 3. The van der Waals surface area contributed by atoms with Crippen LogP contribution in [0.2, 0.25) is 0 Å². The molecule has 2 amide bonds. The number of carbonyl (C=O) groups is 2. The molecule has 6 aromatic rings. The largest absolute Gasteiger partial charge is 0.445 e. The third-order valence-electron chi connectivity index (χ3n) is 10.5. The molecule has 0 radical (unpaired) electrons. The van der Waals surface area contributed by atoms with Crippen LogP contribution in [-0.4, -0.2) is 55.6 Å². The summed E-state index contributed by atoms with van der Waals surface area (Å²) >= 11 is 0. The van der Waals surface area contributed by atoms with E-state index in [9.17, 15) is 14.4 Å². The van der Waals surface area contributed by atoms with Gasteiger partial charge >= 0.3 is 12.2 Å². The Labute approximate surface area is 324 Å². The molecular weight excluding hydrogens is 710 g/mol. The molecule has 2 fully saturated rings. The van der Waals surface area contributed by atoms with Gasteiger partial charge in [-0.05, 0) is 92.0 Å². The van der Waals surface area contributed by atoms with Crippen molar-refractivity contribution < 1.29 is 23.5 Å². The Hall–Kier alpha value is -6.23. The zero-order valence-corrected chi connectivity index (χ0v) is 31.7. The van der Waals surface area contributed by atoms with Crippen molar-refractivity contribution >= 4 is 23.1 Å². The van der Waals surface area contributed by atoms with Crippen molar-refractivity contribution in [1.29, 1.82) is 0 Å². The number of hydrogen-bond donors (Lipinski definition) is 2. The van der Waals surface area contributed by atoms with Crippen molar-refractivity contribution in [2.75, 3.05) is 13.1 Å². The Kier molecular flexibility index (Phi) is 9.92. The lowest BCUT2D eigenvalue weighted by Crippen LogP contribution is -2.36. The average molecular weight is 754 g/mol. The van der Waals surface area contributed by atoms with Crippen LogP contribution in [-0.2, 0) is 16.1 Å². The van der Waals surface area contributed by atoms with Crippen LogP contribution in [0.25, 0.3) is 44.4 Å². The molecule has 0 spiro atoms. The number of aromatic nitrogens is 3. The number of benzene rings is 4. The lowest BCUT2D eigenvalue weighted by Gasteiger charge is -2.27. The number of aromatic amines is 2. The summed E-state index contributed by atoms with van der Waals surface area (Å²) in [7, 11) is 0. The van der Waals surface area contributed by atoms with E-state index in [1.807, 2.05) is 106 Å². The molecule has 2 aliphatic heterocycles. The van der Waals surface area contributed by atoms with E-state index < -0.39 is 29.0 Å². The highest BCUT2D eigenvalue weighted by atomic mass is 19.1. The fraction of sp³-hybridized carbons (Fsp3) is 0.289. The summed E-state index contributed by atoms with van der Waals surface area (Å²) in [5, 5.41) is 0.246. The molecule has 286 valence electrons. The van der Waals surface area contributed by atoms with Gasteiger partial charge in [0.05, 0.1) is 35.2 Å². The Balaban J connectivity index is 0.969. The summed E-state index contributed by atoms with van der Waals surface area (Å²) in [5.41, 5.74) is 5.92. The number of amides is 2. The SMILES string of the molecule is CC(C)(C)OC(=O)N1CCC[C@H]1c1ncc(-c2ccc(-c3ccc(-c4ccc5c(=O)c(F)c([C@@H]6CCCN6C(=O)OCc6ccccc6)[nH]c5c4)cc3)cc2)[nH]1. The van der Waals surface area contributed by atoms with Crippen molar-refractivity contribution in [3.05, 3.63) is 136 Å². The second kappa shape index (κ2) is 15.1. The summed E-state index contributed by atoms with van der Waals surface area (Å²) in [5.74, 6) is -0.123. The molecule has 0 saturated carbocycles. The summed E-state index contributed by atoms with van der Waals surface area (Å²) < 4.78 is 26.8. The van der Waals surface area contributed by atoms with Crippen molar-refractivity contribution in [3.8, 4) is 33.5 Å². The maximum absolute atomic E-state index is 15.6. The number of halogens is 1. The average Bonchev–Trinajstić information content (AvgIpc) is 4.00. The quantitative estimate of drug-likeness (QED) is 0.168. The molecule has 2 N–H and O–H groups in total. The van der Waals surface area contributed by atoms with Crippen LogP contribution in [0.15, 0.2) is 108 Å². The van der Waals surface area contributed by atoms with Crippen molar-refractivity contribution in [2.24, 2.45) is 0 Å². The van der Waals surface area contributed by atoms with Crippen LogP contribution in [0, 0.1) is 5.82 Å². The van der Waals surface area contributed by atoms with Crippen LogP contribution in [0.5, 0.6) is 0 Å². The van der Waals surface area contributed by atoms with E-state index in [2.05, 4.69) is 27.1 Å². The van der Waals surface area contributed by atoms with Gasteiger partial charge in [0.2, 0.25) is 5.43 Å². The van der Waals surface area contributed by atoms with E-state index in [0.29, 0.717) is 31.4 Å². The topological polar surface area (TPSA) is 121 Å². The summed E-state index contributed by atoms with van der Waals surface area (Å²) in [6, 6.07) is 30.3. The molecule has 2 aliphatic rings. The Morgan fingerprint density at radius 3 is 2.02 bits per heavy atom. The number of ether oxygens (including phenoxy) is 2. The molecule has 2 saturated heterocycles. The first kappa shape index (κ1) is 36.7. The highest BCUT2D eigenvalue weighted by Gasteiger charge is 2.36. The number of likely N-dealkylation sites (tertiary alicyclic amines) is 2. The van der Waals surface area contributed by atoms with Crippen LogP contribution >= 0.6 is 0 Å². The normalized spacial score (nSPS) is 17.1. The number of H-pyrrole nitrogens is 2. The maximum Gasteiger partial charge on any atom is 0.410 e. The van der Waals surface area contributed by atoms with Crippen LogP contribution < -0.4 is 5.43 Å². The van der Waals surface area contributed by atoms with E-state index >= 15 is 4.39 Å². The summed E-state index contributed by atoms with van der Waals surface area (Å²) in [4.78, 5) is 53.7. The molecular formula is C45H44FN5O5. The van der Waals surface area contributed by atoms with Crippen LogP contribution in [0.3, 0.4) is 0 Å². The van der Waals surface area contributed by atoms with Gasteiger partial charge in [0.25, 0.3) is 0 Å². The fourth-order valence-corrected chi connectivity index (χ4v) is 7.72. The Morgan fingerprint density at radius 2 is 1.36 bits per heavy atom. The third kappa shape index (κ3) is 7.53. The highest BCUT2D eigenvalue weighted by Crippen LogP contribution is 2.36. The van der Waals surface area contributed by atoms with Gasteiger partial charge in [-0.25, -0.2) is 19.0 Å². The zero-order valence-electron chi connectivity index (χ0n) is 31.7. The first-order valence-electron chi connectivity index (χ1n) is 19.1. The van der Waals surface area contributed by atoms with E-state index in [0.717, 1.165) is 57.7 Å². The minimum Gasteiger partial charge on any atom is -0.445 e. The predicted octanol–water partition coefficient (Wildman–Crippen LogP) is 9.94. The predicted molar refractivity (Wildman–Crippen MR) is 213 cm³/mol. The van der Waals surface area contributed by atoms with Crippen LogP contribution in [0.4, 0.5) is 14.0 Å². The molecule has 8 rings (SSSR count). The van der Waals surface area contributed by atoms with E-state index in [1.54, 1.807) is 11.0 Å². The zero-order chi connectivity index (χ0) is 39.0. The smallest absolute Gasteiger partial charge is 0.410 e. The lowest BCUT2D eigenvalue weighted by molar-refractivity contribution is 0.0218. The number of imidazole rings is 1. The van der Waals surface area contributed by atoms with E-state index in [-0.39, 0.29) is 29.8 Å². The van der Waals surface area contributed by atoms with E-state index in [4.69, 9.17) is 9.47 Å². The molecule has 10 nitrogen and oxygen atoms in total. The lowest BCUT2D eigenvalue weighted by atomic mass is 9.98. The molecule has 0 bridgehead atoms. The molecule has 11 heteroatoms. The molecule has 0 aliphatic carbocycles. The van der Waals surface area contributed by atoms with Gasteiger partial charge < -0.3 is 19.4 Å². The second-order valence-electron chi connectivity index (χ2n) is 15.5. The van der Waals surface area contributed by atoms with Crippen LogP contribution in [0.1, 0.15) is 75.6 Å². The first-order valence-corrected chi connectivity index (χ1v) is 19.1. The number of carbonyl (C=O) groups excluding carboxylic acids is 2. The molecule has 56 heavy (non-hydrogen) atoms. The number of hydrogen-bond acceptors (Lipinski definition) is 6. The molecule has 4 aromatic carbocycles.